The molecule has 1 aliphatic heterocycles. The molecular formula is C20H25NO4S. The Morgan fingerprint density at radius 1 is 1.15 bits per heavy atom. The van der Waals surface area contributed by atoms with Crippen molar-refractivity contribution in [1.29, 1.82) is 0 Å². The van der Waals surface area contributed by atoms with Crippen molar-refractivity contribution in [3.05, 3.63) is 54.1 Å². The number of rotatable bonds is 6. The second-order valence-corrected chi connectivity index (χ2v) is 9.45. The first-order chi connectivity index (χ1) is 12.2. The zero-order valence-electron chi connectivity index (χ0n) is 15.6. The Bertz CT molecular complexity index is 868. The lowest BCUT2D eigenvalue weighted by Gasteiger charge is -2.25. The molecule has 1 fully saturated rings. The van der Waals surface area contributed by atoms with Gasteiger partial charge in [-0.15, -0.1) is 0 Å². The van der Waals surface area contributed by atoms with Gasteiger partial charge in [-0.1, -0.05) is 45.0 Å². The fraction of sp³-hybridized carbons (Fsp3) is 0.400. The molecule has 0 aliphatic carbocycles. The van der Waals surface area contributed by atoms with Crippen molar-refractivity contribution >= 4 is 15.7 Å². The normalized spacial score (nSPS) is 17.0. The van der Waals surface area contributed by atoms with Crippen molar-refractivity contribution in [2.24, 2.45) is 0 Å². The van der Waals surface area contributed by atoms with E-state index in [0.717, 1.165) is 5.56 Å². The van der Waals surface area contributed by atoms with E-state index in [1.807, 2.05) is 24.3 Å². The van der Waals surface area contributed by atoms with E-state index in [1.54, 1.807) is 31.3 Å². The molecule has 2 aromatic rings. The topological polar surface area (TPSA) is 59.1 Å². The average molecular weight is 375 g/mol. The van der Waals surface area contributed by atoms with Gasteiger partial charge in [0.2, 0.25) is 0 Å². The molecular weight excluding hydrogens is 350 g/mol. The van der Waals surface area contributed by atoms with Gasteiger partial charge in [-0.25, -0.2) is 8.42 Å². The maximum atomic E-state index is 13.0. The number of benzene rings is 2. The lowest BCUT2D eigenvalue weighted by atomic mass is 9.86. The van der Waals surface area contributed by atoms with E-state index in [0.29, 0.717) is 24.7 Å². The summed E-state index contributed by atoms with van der Waals surface area (Å²) >= 11 is 0. The smallest absolute Gasteiger partial charge is 0.264 e. The van der Waals surface area contributed by atoms with Crippen LogP contribution < -0.4 is 9.04 Å². The van der Waals surface area contributed by atoms with E-state index in [1.165, 1.54) is 4.31 Å². The van der Waals surface area contributed by atoms with Crippen molar-refractivity contribution in [2.75, 3.05) is 24.6 Å². The Morgan fingerprint density at radius 2 is 1.81 bits per heavy atom. The highest BCUT2D eigenvalue weighted by Crippen LogP contribution is 2.35. The summed E-state index contributed by atoms with van der Waals surface area (Å²) < 4.78 is 38.5. The Morgan fingerprint density at radius 3 is 2.38 bits per heavy atom. The highest BCUT2D eigenvalue weighted by atomic mass is 32.2. The van der Waals surface area contributed by atoms with Gasteiger partial charge in [0.25, 0.3) is 10.0 Å². The predicted molar refractivity (Wildman–Crippen MR) is 102 cm³/mol. The SMILES string of the molecule is CN(c1ccccc1)S(=O)(=O)c1ccc(C(C)(C)C)c(OCC2CO2)c1. The van der Waals surface area contributed by atoms with Gasteiger partial charge >= 0.3 is 0 Å². The Labute approximate surface area is 155 Å². The Kier molecular flexibility index (Phi) is 4.99. The number of epoxide rings is 1. The lowest BCUT2D eigenvalue weighted by molar-refractivity contribution is 0.257. The molecule has 0 saturated carbocycles. The monoisotopic (exact) mass is 375 g/mol. The van der Waals surface area contributed by atoms with Crippen LogP contribution in [0.5, 0.6) is 5.75 Å². The molecule has 1 atom stereocenters. The molecule has 140 valence electrons. The first-order valence-electron chi connectivity index (χ1n) is 8.62. The summed E-state index contributed by atoms with van der Waals surface area (Å²) in [5.41, 5.74) is 1.42. The molecule has 6 heteroatoms. The Balaban J connectivity index is 1.97. The maximum Gasteiger partial charge on any atom is 0.264 e. The average Bonchev–Trinajstić information content (AvgIpc) is 3.43. The molecule has 26 heavy (non-hydrogen) atoms. The van der Waals surface area contributed by atoms with E-state index in [2.05, 4.69) is 20.8 Å². The van der Waals surface area contributed by atoms with E-state index in [4.69, 9.17) is 9.47 Å². The van der Waals surface area contributed by atoms with Crippen LogP contribution in [-0.4, -0.2) is 34.8 Å². The van der Waals surface area contributed by atoms with Crippen LogP contribution in [0, 0.1) is 0 Å². The molecule has 5 nitrogen and oxygen atoms in total. The standard InChI is InChI=1S/C20H25NO4S/c1-20(2,3)18-11-10-17(12-19(18)25-14-16-13-24-16)26(22,23)21(4)15-8-6-5-7-9-15/h5-12,16H,13-14H2,1-4H3. The van der Waals surface area contributed by atoms with Crippen LogP contribution in [-0.2, 0) is 20.2 Å². The summed E-state index contributed by atoms with van der Waals surface area (Å²) in [5, 5.41) is 0. The van der Waals surface area contributed by atoms with Crippen LogP contribution in [0.25, 0.3) is 0 Å². The number of hydrogen-bond donors (Lipinski definition) is 0. The van der Waals surface area contributed by atoms with E-state index < -0.39 is 10.0 Å². The third-order valence-electron chi connectivity index (χ3n) is 4.37. The molecule has 2 aromatic carbocycles. The van der Waals surface area contributed by atoms with Crippen molar-refractivity contribution < 1.29 is 17.9 Å². The molecule has 1 heterocycles. The molecule has 0 amide bonds. The Hall–Kier alpha value is -2.05. The van der Waals surface area contributed by atoms with Crippen LogP contribution in [0.2, 0.25) is 0 Å². The highest BCUT2D eigenvalue weighted by Gasteiger charge is 2.28. The third kappa shape index (κ3) is 4.02. The quantitative estimate of drug-likeness (QED) is 0.724. The van der Waals surface area contributed by atoms with Gasteiger partial charge < -0.3 is 9.47 Å². The van der Waals surface area contributed by atoms with Gasteiger partial charge in [-0.05, 0) is 29.2 Å². The van der Waals surface area contributed by atoms with Crippen molar-refractivity contribution in [2.45, 2.75) is 37.2 Å². The van der Waals surface area contributed by atoms with Crippen LogP contribution in [0.4, 0.5) is 5.69 Å². The minimum absolute atomic E-state index is 0.107. The summed E-state index contributed by atoms with van der Waals surface area (Å²) in [5.74, 6) is 0.593. The molecule has 0 aromatic heterocycles. The van der Waals surface area contributed by atoms with Crippen LogP contribution in [0.1, 0.15) is 26.3 Å². The largest absolute Gasteiger partial charge is 0.490 e. The summed E-state index contributed by atoms with van der Waals surface area (Å²) in [4.78, 5) is 0.212. The zero-order chi connectivity index (χ0) is 18.9. The number of hydrogen-bond acceptors (Lipinski definition) is 4. The number of para-hydroxylation sites is 1. The minimum atomic E-state index is -3.68. The van der Waals surface area contributed by atoms with E-state index >= 15 is 0 Å². The number of nitrogens with zero attached hydrogens (tertiary/aromatic N) is 1. The van der Waals surface area contributed by atoms with Crippen molar-refractivity contribution in [1.82, 2.24) is 0 Å². The van der Waals surface area contributed by atoms with Gasteiger partial charge in [0, 0.05) is 13.1 Å². The van der Waals surface area contributed by atoms with Gasteiger partial charge in [0.05, 0.1) is 17.2 Å². The number of anilines is 1. The van der Waals surface area contributed by atoms with E-state index in [-0.39, 0.29) is 16.4 Å². The van der Waals surface area contributed by atoms with Gasteiger partial charge in [0.1, 0.15) is 18.5 Å². The van der Waals surface area contributed by atoms with Gasteiger partial charge in [0.15, 0.2) is 0 Å². The van der Waals surface area contributed by atoms with Crippen molar-refractivity contribution in [3.8, 4) is 5.75 Å². The second kappa shape index (κ2) is 6.93. The number of ether oxygens (including phenoxy) is 2. The molecule has 0 bridgehead atoms. The zero-order valence-corrected chi connectivity index (χ0v) is 16.4. The molecule has 1 saturated heterocycles. The molecule has 0 radical (unpaired) electrons. The van der Waals surface area contributed by atoms with Crippen LogP contribution >= 0.6 is 0 Å². The van der Waals surface area contributed by atoms with Crippen LogP contribution in [0.15, 0.2) is 53.4 Å². The summed E-state index contributed by atoms with van der Waals surface area (Å²) in [6.07, 6.45) is 0.107. The van der Waals surface area contributed by atoms with E-state index in [9.17, 15) is 8.42 Å². The third-order valence-corrected chi connectivity index (χ3v) is 6.15. The number of sulfonamides is 1. The minimum Gasteiger partial charge on any atom is -0.490 e. The first kappa shape index (κ1) is 18.7. The summed E-state index contributed by atoms with van der Waals surface area (Å²) in [6, 6.07) is 14.1. The summed E-state index contributed by atoms with van der Waals surface area (Å²) in [6.45, 7) is 7.36. The summed E-state index contributed by atoms with van der Waals surface area (Å²) in [7, 11) is -2.12. The molecule has 1 unspecified atom stereocenters. The first-order valence-corrected chi connectivity index (χ1v) is 10.1. The van der Waals surface area contributed by atoms with Gasteiger partial charge in [-0.3, -0.25) is 4.31 Å². The van der Waals surface area contributed by atoms with Crippen LogP contribution in [0.3, 0.4) is 0 Å². The molecule has 3 rings (SSSR count). The molecule has 0 N–H and O–H groups in total. The van der Waals surface area contributed by atoms with Crippen molar-refractivity contribution in [3.63, 3.8) is 0 Å². The molecule has 0 spiro atoms. The lowest BCUT2D eigenvalue weighted by Crippen LogP contribution is -2.27. The highest BCUT2D eigenvalue weighted by molar-refractivity contribution is 7.92. The van der Waals surface area contributed by atoms with Gasteiger partial charge in [-0.2, -0.15) is 0 Å². The second-order valence-electron chi connectivity index (χ2n) is 7.48. The fourth-order valence-corrected chi connectivity index (χ4v) is 3.90. The molecule has 1 aliphatic rings. The maximum absolute atomic E-state index is 13.0. The predicted octanol–water partition coefficient (Wildman–Crippen LogP) is 3.59. The fourth-order valence-electron chi connectivity index (χ4n) is 2.68.